The van der Waals surface area contributed by atoms with E-state index in [1.165, 1.54) is 17.8 Å². The molecule has 0 aromatic heterocycles. The van der Waals surface area contributed by atoms with Gasteiger partial charge in [-0.05, 0) is 42.3 Å². The maximum atomic E-state index is 14.3. The molecule has 3 rings (SSSR count). The number of carbonyl (C=O) groups is 1. The number of carbonyl (C=O) groups excluding carboxylic acids is 1. The third-order valence-corrected chi connectivity index (χ3v) is 5.53. The summed E-state index contributed by atoms with van der Waals surface area (Å²) in [6.45, 7) is 5.91. The van der Waals surface area contributed by atoms with E-state index in [-0.39, 0.29) is 10.7 Å². The monoisotopic (exact) mass is 374 g/mol. The highest BCUT2D eigenvalue weighted by atomic mass is 35.5. The van der Waals surface area contributed by atoms with E-state index in [9.17, 15) is 9.18 Å². The molecule has 0 radical (unpaired) electrons. The van der Waals surface area contributed by atoms with Gasteiger partial charge in [-0.25, -0.2) is 4.39 Å². The van der Waals surface area contributed by atoms with Gasteiger partial charge < -0.3 is 11.1 Å². The van der Waals surface area contributed by atoms with E-state index in [0.29, 0.717) is 16.8 Å². The van der Waals surface area contributed by atoms with Crippen molar-refractivity contribution in [2.24, 2.45) is 5.73 Å². The van der Waals surface area contributed by atoms with Gasteiger partial charge in [0.15, 0.2) is 0 Å². The van der Waals surface area contributed by atoms with E-state index < -0.39 is 17.0 Å². The van der Waals surface area contributed by atoms with Crippen LogP contribution in [0.15, 0.2) is 59.6 Å². The lowest BCUT2D eigenvalue weighted by molar-refractivity contribution is -0.116. The first-order valence-electron chi connectivity index (χ1n) is 7.55. The van der Waals surface area contributed by atoms with Crippen molar-refractivity contribution in [3.8, 4) is 0 Å². The van der Waals surface area contributed by atoms with Crippen LogP contribution in [0.2, 0.25) is 5.02 Å². The van der Waals surface area contributed by atoms with Gasteiger partial charge in [-0.15, -0.1) is 11.8 Å². The van der Waals surface area contributed by atoms with Crippen LogP contribution >= 0.6 is 23.4 Å². The molecule has 0 bridgehead atoms. The zero-order valence-corrected chi connectivity index (χ0v) is 15.0. The van der Waals surface area contributed by atoms with Crippen molar-refractivity contribution >= 4 is 40.5 Å². The molecule has 25 heavy (non-hydrogen) atoms. The maximum Gasteiger partial charge on any atom is 0.236 e. The maximum absolute atomic E-state index is 14.3. The first-order valence-corrected chi connectivity index (χ1v) is 8.81. The Morgan fingerprint density at radius 2 is 2.08 bits per heavy atom. The molecule has 0 aliphatic carbocycles. The molecule has 2 aromatic carbocycles. The van der Waals surface area contributed by atoms with Crippen LogP contribution in [0.3, 0.4) is 0 Å². The third-order valence-electron chi connectivity index (χ3n) is 3.88. The zero-order chi connectivity index (χ0) is 18.1. The van der Waals surface area contributed by atoms with Gasteiger partial charge in [-0.2, -0.15) is 0 Å². The lowest BCUT2D eigenvalue weighted by Gasteiger charge is -2.26. The fraction of sp³-hybridized carbons (Fsp3) is 0.105. The predicted octanol–water partition coefficient (Wildman–Crippen LogP) is 4.76. The Kier molecular flexibility index (Phi) is 4.88. The lowest BCUT2D eigenvalue weighted by atomic mass is 9.99. The van der Waals surface area contributed by atoms with E-state index in [2.05, 4.69) is 11.9 Å². The molecule has 6 heteroatoms. The van der Waals surface area contributed by atoms with Gasteiger partial charge >= 0.3 is 0 Å². The van der Waals surface area contributed by atoms with Crippen LogP contribution in [0, 0.1) is 12.7 Å². The molecule has 2 aromatic rings. The Hall–Kier alpha value is -2.24. The van der Waals surface area contributed by atoms with Gasteiger partial charge in [0.25, 0.3) is 0 Å². The summed E-state index contributed by atoms with van der Waals surface area (Å²) in [6, 6.07) is 10.6. The van der Waals surface area contributed by atoms with Crippen LogP contribution in [0.4, 0.5) is 10.1 Å². The van der Waals surface area contributed by atoms with Crippen molar-refractivity contribution in [1.29, 1.82) is 0 Å². The van der Waals surface area contributed by atoms with Crippen molar-refractivity contribution in [2.75, 3.05) is 5.32 Å². The normalized spacial score (nSPS) is 14.4. The molecular weight excluding hydrogens is 359 g/mol. The molecule has 0 saturated heterocycles. The minimum atomic E-state index is -0.693. The van der Waals surface area contributed by atoms with Crippen LogP contribution in [-0.2, 0) is 4.79 Å². The summed E-state index contributed by atoms with van der Waals surface area (Å²) in [6.07, 6.45) is 1.71. The largest absolute Gasteiger partial charge is 0.368 e. The summed E-state index contributed by atoms with van der Waals surface area (Å²) >= 11 is 7.23. The third kappa shape index (κ3) is 3.57. The van der Waals surface area contributed by atoms with Gasteiger partial charge in [0.2, 0.25) is 5.91 Å². The zero-order valence-electron chi connectivity index (χ0n) is 13.5. The summed E-state index contributed by atoms with van der Waals surface area (Å²) in [5, 5.41) is 2.58. The van der Waals surface area contributed by atoms with E-state index in [4.69, 9.17) is 17.3 Å². The summed E-state index contributed by atoms with van der Waals surface area (Å²) in [5.41, 5.74) is 8.53. The van der Waals surface area contributed by atoms with Crippen molar-refractivity contribution in [3.05, 3.63) is 76.7 Å². The Morgan fingerprint density at radius 1 is 1.36 bits per heavy atom. The summed E-state index contributed by atoms with van der Waals surface area (Å²) in [4.78, 5) is 13.0. The van der Waals surface area contributed by atoms with Crippen LogP contribution < -0.4 is 11.1 Å². The van der Waals surface area contributed by atoms with Crippen LogP contribution in [0.5, 0.6) is 0 Å². The molecule has 1 heterocycles. The highest BCUT2D eigenvalue weighted by molar-refractivity contribution is 8.00. The SMILES string of the molecule is C=C1C=C(C(Sc2ccccc2C)C(N)=O)Nc2c(F)cc(Cl)cc21. The van der Waals surface area contributed by atoms with Crippen LogP contribution in [0.25, 0.3) is 5.57 Å². The first kappa shape index (κ1) is 17.6. The molecule has 3 nitrogen and oxygen atoms in total. The van der Waals surface area contributed by atoms with Crippen LogP contribution in [0.1, 0.15) is 11.1 Å². The van der Waals surface area contributed by atoms with Crippen molar-refractivity contribution < 1.29 is 9.18 Å². The summed E-state index contributed by atoms with van der Waals surface area (Å²) < 4.78 is 14.3. The fourth-order valence-electron chi connectivity index (χ4n) is 2.63. The predicted molar refractivity (Wildman–Crippen MR) is 102 cm³/mol. The Morgan fingerprint density at radius 3 is 2.76 bits per heavy atom. The molecule has 0 saturated carbocycles. The molecule has 3 N–H and O–H groups in total. The van der Waals surface area contributed by atoms with E-state index in [0.717, 1.165) is 10.5 Å². The number of anilines is 1. The van der Waals surface area contributed by atoms with E-state index >= 15 is 0 Å². The number of hydrogen-bond donors (Lipinski definition) is 2. The summed E-state index contributed by atoms with van der Waals surface area (Å²) in [7, 11) is 0. The Bertz CT molecular complexity index is 910. The number of benzene rings is 2. The second-order valence-corrected chi connectivity index (χ2v) is 7.31. The highest BCUT2D eigenvalue weighted by Gasteiger charge is 2.28. The average Bonchev–Trinajstić information content (AvgIpc) is 2.54. The number of halogens is 2. The molecule has 1 unspecified atom stereocenters. The minimum Gasteiger partial charge on any atom is -0.368 e. The van der Waals surface area contributed by atoms with Gasteiger partial charge in [0, 0.05) is 21.2 Å². The second kappa shape index (κ2) is 6.94. The molecular formula is C19H16ClFN2OS. The lowest BCUT2D eigenvalue weighted by Crippen LogP contribution is -2.31. The highest BCUT2D eigenvalue weighted by Crippen LogP contribution is 2.39. The van der Waals surface area contributed by atoms with Crippen molar-refractivity contribution in [1.82, 2.24) is 0 Å². The molecule has 1 aliphatic heterocycles. The number of thioether (sulfide) groups is 1. The minimum absolute atomic E-state index is 0.253. The number of fused-ring (bicyclic) bond motifs is 1. The number of primary amides is 1. The fourth-order valence-corrected chi connectivity index (χ4v) is 3.87. The van der Waals surface area contributed by atoms with Crippen molar-refractivity contribution in [3.63, 3.8) is 0 Å². The smallest absolute Gasteiger partial charge is 0.236 e. The van der Waals surface area contributed by atoms with E-state index in [1.807, 2.05) is 31.2 Å². The molecule has 1 amide bonds. The Labute approximate surface area is 154 Å². The number of amides is 1. The van der Waals surface area contributed by atoms with E-state index in [1.54, 1.807) is 12.1 Å². The quantitative estimate of drug-likeness (QED) is 0.759. The van der Waals surface area contributed by atoms with Gasteiger partial charge in [-0.1, -0.05) is 36.4 Å². The summed E-state index contributed by atoms with van der Waals surface area (Å²) in [5.74, 6) is -1.02. The van der Waals surface area contributed by atoms with Gasteiger partial charge in [0.1, 0.15) is 11.1 Å². The molecule has 0 spiro atoms. The Balaban J connectivity index is 1.97. The molecule has 128 valence electrons. The van der Waals surface area contributed by atoms with Crippen molar-refractivity contribution in [2.45, 2.75) is 17.1 Å². The second-order valence-electron chi connectivity index (χ2n) is 5.73. The average molecular weight is 375 g/mol. The molecule has 1 aliphatic rings. The number of allylic oxidation sites excluding steroid dienone is 2. The number of nitrogens with two attached hydrogens (primary N) is 1. The van der Waals surface area contributed by atoms with Gasteiger partial charge in [0.05, 0.1) is 5.69 Å². The van der Waals surface area contributed by atoms with Crippen LogP contribution in [-0.4, -0.2) is 11.2 Å². The topological polar surface area (TPSA) is 55.1 Å². The van der Waals surface area contributed by atoms with Gasteiger partial charge in [-0.3, -0.25) is 4.79 Å². The first-order chi connectivity index (χ1) is 11.9. The molecule has 0 fully saturated rings. The molecule has 1 atom stereocenters. The number of nitrogens with one attached hydrogen (secondary N) is 1. The number of rotatable bonds is 4. The number of aryl methyl sites for hydroxylation is 1. The standard InChI is InChI=1S/C19H16ClFN2OS/c1-10-5-3-4-6-16(10)25-18(19(22)24)15-7-11(2)13-8-12(20)9-14(21)17(13)23-15/h3-9,18,23H,2H2,1H3,(H2,22,24). The number of hydrogen-bond acceptors (Lipinski definition) is 3.